The number of rotatable bonds is 3. The van der Waals surface area contributed by atoms with Crippen LogP contribution in [0.25, 0.3) is 10.9 Å². The normalized spacial score (nSPS) is 10.6. The Hall–Kier alpha value is -2.95. The summed E-state index contributed by atoms with van der Waals surface area (Å²) in [5, 5.41) is 9.61. The molecule has 0 fully saturated rings. The molecule has 3 aromatic rings. The Labute approximate surface area is 113 Å². The van der Waals surface area contributed by atoms with Gasteiger partial charge in [-0.1, -0.05) is 6.07 Å². The Morgan fingerprint density at radius 3 is 2.60 bits per heavy atom. The van der Waals surface area contributed by atoms with Gasteiger partial charge in [0.05, 0.1) is 5.52 Å². The Morgan fingerprint density at radius 1 is 1.05 bits per heavy atom. The molecule has 0 atom stereocenters. The summed E-state index contributed by atoms with van der Waals surface area (Å²) in [6, 6.07) is 11.3. The molecule has 0 unspecified atom stereocenters. The van der Waals surface area contributed by atoms with Crippen LogP contribution < -0.4 is 0 Å². The maximum absolute atomic E-state index is 12.2. The molecule has 98 valence electrons. The highest BCUT2D eigenvalue weighted by Crippen LogP contribution is 2.18. The van der Waals surface area contributed by atoms with Crippen LogP contribution in [-0.2, 0) is 0 Å². The molecule has 20 heavy (non-hydrogen) atoms. The number of pyridine rings is 1. The van der Waals surface area contributed by atoms with Crippen LogP contribution in [0.3, 0.4) is 0 Å². The van der Waals surface area contributed by atoms with E-state index in [0.717, 1.165) is 10.9 Å². The second-order valence-corrected chi connectivity index (χ2v) is 4.21. The van der Waals surface area contributed by atoms with Crippen molar-refractivity contribution in [2.45, 2.75) is 0 Å². The van der Waals surface area contributed by atoms with Crippen molar-refractivity contribution in [1.29, 1.82) is 0 Å². The van der Waals surface area contributed by atoms with Crippen LogP contribution in [0.5, 0.6) is 0 Å². The van der Waals surface area contributed by atoms with Crippen LogP contribution in [0.1, 0.15) is 26.7 Å². The molecule has 0 spiro atoms. The molecule has 5 heteroatoms. The van der Waals surface area contributed by atoms with E-state index in [0.29, 0.717) is 5.56 Å². The van der Waals surface area contributed by atoms with Crippen LogP contribution in [0.4, 0.5) is 0 Å². The van der Waals surface area contributed by atoms with Crippen LogP contribution in [0.15, 0.2) is 53.1 Å². The smallest absolute Gasteiger partial charge is 0.371 e. The fourth-order valence-corrected chi connectivity index (χ4v) is 1.93. The molecule has 1 aromatic carbocycles. The van der Waals surface area contributed by atoms with Gasteiger partial charge in [0.15, 0.2) is 5.76 Å². The summed E-state index contributed by atoms with van der Waals surface area (Å²) in [7, 11) is 0. The molecule has 3 rings (SSSR count). The topological polar surface area (TPSA) is 80.4 Å². The van der Waals surface area contributed by atoms with Gasteiger partial charge >= 0.3 is 5.97 Å². The molecule has 0 bridgehead atoms. The Kier molecular flexibility index (Phi) is 2.80. The van der Waals surface area contributed by atoms with E-state index in [9.17, 15) is 9.59 Å². The predicted molar refractivity (Wildman–Crippen MR) is 70.8 cm³/mol. The molecule has 0 saturated heterocycles. The molecule has 0 aliphatic heterocycles. The van der Waals surface area contributed by atoms with Gasteiger partial charge in [-0.2, -0.15) is 0 Å². The largest absolute Gasteiger partial charge is 0.475 e. The minimum atomic E-state index is -1.20. The number of ketones is 1. The van der Waals surface area contributed by atoms with E-state index in [1.54, 1.807) is 30.5 Å². The Balaban J connectivity index is 2.00. The summed E-state index contributed by atoms with van der Waals surface area (Å²) in [6.07, 6.45) is 1.68. The quantitative estimate of drug-likeness (QED) is 0.738. The third-order valence-corrected chi connectivity index (χ3v) is 2.91. The molecule has 2 heterocycles. The standard InChI is InChI=1S/C15H9NO4/c17-14(12-5-6-13(20-12)15(18)19)10-3-4-11-9(8-10)2-1-7-16-11/h1-8H,(H,18,19). The van der Waals surface area contributed by atoms with Gasteiger partial charge in [0.25, 0.3) is 0 Å². The molecular weight excluding hydrogens is 258 g/mol. The number of nitrogens with zero attached hydrogens (tertiary/aromatic N) is 1. The average Bonchev–Trinajstić information content (AvgIpc) is 2.96. The fraction of sp³-hybridized carbons (Fsp3) is 0. The van der Waals surface area contributed by atoms with Crippen molar-refractivity contribution < 1.29 is 19.1 Å². The zero-order chi connectivity index (χ0) is 14.1. The molecule has 0 radical (unpaired) electrons. The minimum Gasteiger partial charge on any atom is -0.475 e. The lowest BCUT2D eigenvalue weighted by Gasteiger charge is -2.00. The molecule has 0 saturated carbocycles. The summed E-state index contributed by atoms with van der Waals surface area (Å²) in [5.74, 6) is -1.81. The highest BCUT2D eigenvalue weighted by atomic mass is 16.4. The fourth-order valence-electron chi connectivity index (χ4n) is 1.93. The van der Waals surface area contributed by atoms with Gasteiger partial charge in [-0.25, -0.2) is 4.79 Å². The first-order chi connectivity index (χ1) is 9.65. The lowest BCUT2D eigenvalue weighted by atomic mass is 10.1. The molecular formula is C15H9NO4. The van der Waals surface area contributed by atoms with Crippen LogP contribution >= 0.6 is 0 Å². The minimum absolute atomic E-state index is 0.00522. The van der Waals surface area contributed by atoms with Crippen LogP contribution in [-0.4, -0.2) is 21.8 Å². The van der Waals surface area contributed by atoms with Crippen molar-refractivity contribution in [2.24, 2.45) is 0 Å². The first kappa shape index (κ1) is 12.1. The predicted octanol–water partition coefficient (Wildman–Crippen LogP) is 2.76. The lowest BCUT2D eigenvalue weighted by molar-refractivity contribution is 0.0660. The number of aromatic nitrogens is 1. The van der Waals surface area contributed by atoms with Crippen molar-refractivity contribution in [3.63, 3.8) is 0 Å². The second kappa shape index (κ2) is 4.62. The van der Waals surface area contributed by atoms with Gasteiger partial charge in [-0.05, 0) is 36.4 Å². The van der Waals surface area contributed by atoms with Crippen LogP contribution in [0.2, 0.25) is 0 Å². The van der Waals surface area contributed by atoms with E-state index in [2.05, 4.69) is 4.98 Å². The monoisotopic (exact) mass is 267 g/mol. The van der Waals surface area contributed by atoms with E-state index >= 15 is 0 Å². The number of benzene rings is 1. The van der Waals surface area contributed by atoms with Crippen molar-refractivity contribution in [1.82, 2.24) is 4.98 Å². The molecule has 0 aliphatic rings. The number of carbonyl (C=O) groups is 2. The number of carboxylic acid groups (broad SMARTS) is 1. The van der Waals surface area contributed by atoms with Crippen LogP contribution in [0, 0.1) is 0 Å². The van der Waals surface area contributed by atoms with Crippen molar-refractivity contribution >= 4 is 22.7 Å². The van der Waals surface area contributed by atoms with Gasteiger partial charge in [0.2, 0.25) is 11.5 Å². The molecule has 0 aliphatic carbocycles. The van der Waals surface area contributed by atoms with Gasteiger partial charge < -0.3 is 9.52 Å². The second-order valence-electron chi connectivity index (χ2n) is 4.21. The van der Waals surface area contributed by atoms with Gasteiger partial charge in [-0.3, -0.25) is 9.78 Å². The molecule has 1 N–H and O–H groups in total. The van der Waals surface area contributed by atoms with E-state index in [-0.39, 0.29) is 17.3 Å². The van der Waals surface area contributed by atoms with E-state index < -0.39 is 5.97 Å². The maximum Gasteiger partial charge on any atom is 0.371 e. The third-order valence-electron chi connectivity index (χ3n) is 2.91. The van der Waals surface area contributed by atoms with E-state index in [1.165, 1.54) is 12.1 Å². The number of carboxylic acids is 1. The summed E-state index contributed by atoms with van der Waals surface area (Å²) in [4.78, 5) is 27.1. The highest BCUT2D eigenvalue weighted by molar-refractivity contribution is 6.09. The summed E-state index contributed by atoms with van der Waals surface area (Å²) < 4.78 is 5.01. The molecule has 2 aromatic heterocycles. The SMILES string of the molecule is O=C(O)c1ccc(C(=O)c2ccc3ncccc3c2)o1. The third kappa shape index (κ3) is 2.05. The lowest BCUT2D eigenvalue weighted by Crippen LogP contribution is -2.00. The zero-order valence-electron chi connectivity index (χ0n) is 10.2. The Bertz CT molecular complexity index is 819. The summed E-state index contributed by atoms with van der Waals surface area (Å²) in [6.45, 7) is 0. The van der Waals surface area contributed by atoms with Crippen molar-refractivity contribution in [3.8, 4) is 0 Å². The Morgan fingerprint density at radius 2 is 1.85 bits per heavy atom. The van der Waals surface area contributed by atoms with Gasteiger partial charge in [-0.15, -0.1) is 0 Å². The van der Waals surface area contributed by atoms with Gasteiger partial charge in [0, 0.05) is 17.1 Å². The first-order valence-electron chi connectivity index (χ1n) is 5.88. The van der Waals surface area contributed by atoms with E-state index in [4.69, 9.17) is 9.52 Å². The van der Waals surface area contributed by atoms with E-state index in [1.807, 2.05) is 6.07 Å². The summed E-state index contributed by atoms with van der Waals surface area (Å²) in [5.41, 5.74) is 1.21. The first-order valence-corrected chi connectivity index (χ1v) is 5.88. The summed E-state index contributed by atoms with van der Waals surface area (Å²) >= 11 is 0. The molecule has 5 nitrogen and oxygen atoms in total. The average molecular weight is 267 g/mol. The highest BCUT2D eigenvalue weighted by Gasteiger charge is 2.16. The number of hydrogen-bond acceptors (Lipinski definition) is 4. The number of hydrogen-bond donors (Lipinski definition) is 1. The van der Waals surface area contributed by atoms with Crippen molar-refractivity contribution in [2.75, 3.05) is 0 Å². The maximum atomic E-state index is 12.2. The number of furan rings is 1. The van der Waals surface area contributed by atoms with Crippen molar-refractivity contribution in [3.05, 3.63) is 65.7 Å². The number of fused-ring (bicyclic) bond motifs is 1. The zero-order valence-corrected chi connectivity index (χ0v) is 10.2. The number of carbonyl (C=O) groups excluding carboxylic acids is 1. The molecule has 0 amide bonds. The number of aromatic carboxylic acids is 1. The van der Waals surface area contributed by atoms with Gasteiger partial charge in [0.1, 0.15) is 0 Å².